The Balaban J connectivity index is 1.33. The molecule has 0 saturated heterocycles. The lowest BCUT2D eigenvalue weighted by Gasteiger charge is -2.37. The second kappa shape index (κ2) is 11.0. The number of benzene rings is 2. The molecule has 5 rings (SSSR count). The Kier molecular flexibility index (Phi) is 7.51. The predicted molar refractivity (Wildman–Crippen MR) is 146 cm³/mol. The Bertz CT molecular complexity index is 1250. The molecule has 0 bridgehead atoms. The highest BCUT2D eigenvalue weighted by Gasteiger charge is 2.38. The number of methoxy groups -OCH3 is 1. The van der Waals surface area contributed by atoms with Gasteiger partial charge in [0, 0.05) is 17.5 Å². The quantitative estimate of drug-likeness (QED) is 0.365. The first-order valence-electron chi connectivity index (χ1n) is 13.0. The summed E-state index contributed by atoms with van der Waals surface area (Å²) in [6, 6.07) is 17.4. The van der Waals surface area contributed by atoms with E-state index in [-0.39, 0.29) is 30.4 Å². The van der Waals surface area contributed by atoms with Gasteiger partial charge in [-0.25, -0.2) is 0 Å². The van der Waals surface area contributed by atoms with Crippen molar-refractivity contribution in [2.75, 3.05) is 26.8 Å². The summed E-state index contributed by atoms with van der Waals surface area (Å²) in [5.74, 6) is 1.59. The van der Waals surface area contributed by atoms with Crippen LogP contribution in [0.5, 0.6) is 11.5 Å². The number of carbonyl (C=O) groups is 2. The number of para-hydroxylation sites is 1. The van der Waals surface area contributed by atoms with Crippen LogP contribution in [0.4, 0.5) is 0 Å². The molecule has 2 amide bonds. The van der Waals surface area contributed by atoms with E-state index in [4.69, 9.17) is 9.47 Å². The number of thiophene rings is 1. The van der Waals surface area contributed by atoms with Crippen LogP contribution < -0.4 is 9.47 Å². The van der Waals surface area contributed by atoms with Crippen LogP contribution in [-0.2, 0) is 11.2 Å². The van der Waals surface area contributed by atoms with Crippen LogP contribution in [0.15, 0.2) is 60.0 Å². The smallest absolute Gasteiger partial charge is 0.258 e. The molecule has 37 heavy (non-hydrogen) atoms. The van der Waals surface area contributed by atoms with Crippen molar-refractivity contribution in [1.29, 1.82) is 0 Å². The van der Waals surface area contributed by atoms with Crippen molar-refractivity contribution >= 4 is 23.2 Å². The molecule has 1 atom stereocenters. The summed E-state index contributed by atoms with van der Waals surface area (Å²) in [4.78, 5) is 32.2. The van der Waals surface area contributed by atoms with Gasteiger partial charge in [0.05, 0.1) is 18.7 Å². The van der Waals surface area contributed by atoms with Crippen LogP contribution in [0.2, 0.25) is 0 Å². The Labute approximate surface area is 222 Å². The predicted octanol–water partition coefficient (Wildman–Crippen LogP) is 5.69. The molecule has 2 aromatic carbocycles. The largest absolute Gasteiger partial charge is 0.496 e. The summed E-state index contributed by atoms with van der Waals surface area (Å²) in [5, 5.41) is 2.09. The number of nitrogens with zero attached hydrogens (tertiary/aromatic N) is 2. The maximum atomic E-state index is 13.8. The van der Waals surface area contributed by atoms with Crippen molar-refractivity contribution in [1.82, 2.24) is 9.80 Å². The van der Waals surface area contributed by atoms with Gasteiger partial charge in [-0.3, -0.25) is 9.59 Å². The molecule has 1 aliphatic carbocycles. The summed E-state index contributed by atoms with van der Waals surface area (Å²) in [7, 11) is 1.56. The highest BCUT2D eigenvalue weighted by molar-refractivity contribution is 7.10. The Morgan fingerprint density at radius 1 is 1.08 bits per heavy atom. The van der Waals surface area contributed by atoms with Gasteiger partial charge in [0.25, 0.3) is 5.91 Å². The molecule has 6 nitrogen and oxygen atoms in total. The summed E-state index contributed by atoms with van der Waals surface area (Å²) in [6.07, 6.45) is 2.66. The molecule has 1 saturated carbocycles. The van der Waals surface area contributed by atoms with Crippen molar-refractivity contribution in [3.8, 4) is 11.5 Å². The molecule has 3 aromatic rings. The lowest BCUT2D eigenvalue weighted by molar-refractivity contribution is -0.135. The minimum absolute atomic E-state index is 0.0456. The fraction of sp³-hybridized carbons (Fsp3) is 0.400. The molecule has 1 fully saturated rings. The number of hydrogen-bond acceptors (Lipinski definition) is 5. The van der Waals surface area contributed by atoms with Gasteiger partial charge in [0.2, 0.25) is 5.91 Å². The highest BCUT2D eigenvalue weighted by atomic mass is 32.1. The fourth-order valence-corrected chi connectivity index (χ4v) is 5.89. The molecule has 1 aliphatic heterocycles. The molecule has 0 N–H and O–H groups in total. The third-order valence-electron chi connectivity index (χ3n) is 7.26. The standard InChI is InChI=1S/C30H34N2O4S/c1-20(2)21-8-12-23(13-9-21)36-19-26-24-15-17-37-28(24)14-16-31(26)29(33)18-32(22-10-11-22)30(34)25-6-4-5-7-27(25)35-3/h4-9,12-13,15,17,20,22,26H,10-11,14,16,18-19H2,1-3H3/t26-/m1/s1. The van der Waals surface area contributed by atoms with E-state index < -0.39 is 0 Å². The Morgan fingerprint density at radius 3 is 2.54 bits per heavy atom. The molecule has 2 heterocycles. The first-order valence-corrected chi connectivity index (χ1v) is 13.9. The maximum absolute atomic E-state index is 13.8. The van der Waals surface area contributed by atoms with Crippen molar-refractivity contribution in [3.05, 3.63) is 81.5 Å². The van der Waals surface area contributed by atoms with Gasteiger partial charge in [-0.05, 0) is 72.0 Å². The number of amides is 2. The summed E-state index contributed by atoms with van der Waals surface area (Å²) < 4.78 is 11.6. The van der Waals surface area contributed by atoms with E-state index in [2.05, 4.69) is 37.4 Å². The van der Waals surface area contributed by atoms with Gasteiger partial charge in [-0.1, -0.05) is 38.1 Å². The second-order valence-corrected chi connectivity index (χ2v) is 11.1. The molecule has 0 spiro atoms. The molecule has 0 radical (unpaired) electrons. The highest BCUT2D eigenvalue weighted by Crippen LogP contribution is 2.35. The van der Waals surface area contributed by atoms with Crippen LogP contribution in [0, 0.1) is 0 Å². The van der Waals surface area contributed by atoms with E-state index in [0.717, 1.165) is 30.6 Å². The van der Waals surface area contributed by atoms with Crippen molar-refractivity contribution in [3.63, 3.8) is 0 Å². The normalized spacial score (nSPS) is 16.9. The summed E-state index contributed by atoms with van der Waals surface area (Å²) >= 11 is 1.73. The van der Waals surface area contributed by atoms with E-state index in [9.17, 15) is 9.59 Å². The zero-order valence-electron chi connectivity index (χ0n) is 21.7. The minimum atomic E-state index is -0.185. The average molecular weight is 519 g/mol. The number of ether oxygens (including phenoxy) is 2. The fourth-order valence-electron chi connectivity index (χ4n) is 4.96. The topological polar surface area (TPSA) is 59.1 Å². The van der Waals surface area contributed by atoms with Gasteiger partial charge < -0.3 is 19.3 Å². The number of hydrogen-bond donors (Lipinski definition) is 0. The SMILES string of the molecule is COc1ccccc1C(=O)N(CC(=O)N1CCc2sccc2[C@H]1COc1ccc(C(C)C)cc1)C1CC1. The van der Waals surface area contributed by atoms with Gasteiger partial charge in [0.1, 0.15) is 24.7 Å². The molecule has 2 aliphatic rings. The minimum Gasteiger partial charge on any atom is -0.496 e. The van der Waals surface area contributed by atoms with Gasteiger partial charge in [-0.15, -0.1) is 11.3 Å². The first kappa shape index (κ1) is 25.3. The van der Waals surface area contributed by atoms with Crippen LogP contribution in [0.1, 0.15) is 65.0 Å². The molecular formula is C30H34N2O4S. The van der Waals surface area contributed by atoms with Gasteiger partial charge in [0.15, 0.2) is 0 Å². The number of rotatable bonds is 9. The summed E-state index contributed by atoms with van der Waals surface area (Å²) in [6.45, 7) is 5.39. The zero-order chi connectivity index (χ0) is 25.9. The van der Waals surface area contributed by atoms with Crippen molar-refractivity contribution in [2.45, 2.75) is 51.1 Å². The van der Waals surface area contributed by atoms with E-state index in [1.165, 1.54) is 10.4 Å². The maximum Gasteiger partial charge on any atom is 0.258 e. The average Bonchev–Trinajstić information content (AvgIpc) is 3.65. The lowest BCUT2D eigenvalue weighted by atomic mass is 10.00. The van der Waals surface area contributed by atoms with E-state index in [0.29, 0.717) is 30.4 Å². The van der Waals surface area contributed by atoms with Crippen LogP contribution in [0.25, 0.3) is 0 Å². The molecule has 7 heteroatoms. The first-order chi connectivity index (χ1) is 18.0. The molecule has 194 valence electrons. The van der Waals surface area contributed by atoms with E-state index in [1.54, 1.807) is 35.5 Å². The Hall–Kier alpha value is -3.32. The third kappa shape index (κ3) is 5.52. The van der Waals surface area contributed by atoms with Crippen LogP contribution >= 0.6 is 11.3 Å². The summed E-state index contributed by atoms with van der Waals surface area (Å²) in [5.41, 5.74) is 2.91. The zero-order valence-corrected chi connectivity index (χ0v) is 22.5. The monoisotopic (exact) mass is 518 g/mol. The van der Waals surface area contributed by atoms with Crippen molar-refractivity contribution in [2.24, 2.45) is 0 Å². The number of fused-ring (bicyclic) bond motifs is 1. The van der Waals surface area contributed by atoms with E-state index >= 15 is 0 Å². The van der Waals surface area contributed by atoms with Crippen LogP contribution in [0.3, 0.4) is 0 Å². The molecule has 0 unspecified atom stereocenters. The van der Waals surface area contributed by atoms with Gasteiger partial charge in [-0.2, -0.15) is 0 Å². The van der Waals surface area contributed by atoms with Crippen LogP contribution in [-0.4, -0.2) is 54.5 Å². The molecular weight excluding hydrogens is 484 g/mol. The molecule has 1 aromatic heterocycles. The van der Waals surface area contributed by atoms with Gasteiger partial charge >= 0.3 is 0 Å². The number of carbonyl (C=O) groups excluding carboxylic acids is 2. The third-order valence-corrected chi connectivity index (χ3v) is 8.26. The lowest BCUT2D eigenvalue weighted by Crippen LogP contribution is -2.48. The van der Waals surface area contributed by atoms with Crippen molar-refractivity contribution < 1.29 is 19.1 Å². The Morgan fingerprint density at radius 2 is 1.84 bits per heavy atom. The second-order valence-electron chi connectivity index (χ2n) is 10.1. The van der Waals surface area contributed by atoms with E-state index in [1.807, 2.05) is 29.2 Å².